The van der Waals surface area contributed by atoms with Gasteiger partial charge in [-0.2, -0.15) is 0 Å². The number of carbonyl (C=O) groups excluding carboxylic acids is 2. The van der Waals surface area contributed by atoms with Gasteiger partial charge in [-0.05, 0) is 24.2 Å². The molecule has 0 bridgehead atoms. The van der Waals surface area contributed by atoms with E-state index in [2.05, 4.69) is 20.2 Å². The highest BCUT2D eigenvalue weighted by molar-refractivity contribution is 7.12. The first kappa shape index (κ1) is 16.7. The van der Waals surface area contributed by atoms with Gasteiger partial charge in [-0.3, -0.25) is 0 Å². The fraction of sp³-hybridized carbons (Fsp3) is 0.385. The summed E-state index contributed by atoms with van der Waals surface area (Å²) in [4.78, 5) is 35.2. The maximum atomic E-state index is 11.7. The van der Waals surface area contributed by atoms with Gasteiger partial charge in [-0.15, -0.1) is 21.3 Å². The molecule has 2 aromatic heterocycles. The molecule has 2 heterocycles. The number of ether oxygens (including phenoxy) is 2. The van der Waals surface area contributed by atoms with E-state index in [9.17, 15) is 14.5 Å². The van der Waals surface area contributed by atoms with Crippen LogP contribution in [-0.4, -0.2) is 40.6 Å². The Morgan fingerprint density at radius 2 is 2.22 bits per heavy atom. The number of hydrogen-bond donors (Lipinski definition) is 0. The first-order valence-corrected chi connectivity index (χ1v) is 7.46. The Bertz CT molecular complexity index is 711. The van der Waals surface area contributed by atoms with Crippen LogP contribution in [0.5, 0.6) is 0 Å². The van der Waals surface area contributed by atoms with Crippen molar-refractivity contribution in [2.24, 2.45) is 5.18 Å². The van der Waals surface area contributed by atoms with E-state index >= 15 is 0 Å². The van der Waals surface area contributed by atoms with Crippen molar-refractivity contribution in [3.05, 3.63) is 38.7 Å². The molecular formula is C13H14N4O5S. The maximum Gasteiger partial charge on any atom is 0.360 e. The molecule has 0 N–H and O–H groups in total. The van der Waals surface area contributed by atoms with Gasteiger partial charge in [0.1, 0.15) is 0 Å². The minimum Gasteiger partial charge on any atom is -0.464 e. The molecular weight excluding hydrogens is 324 g/mol. The predicted molar refractivity (Wildman–Crippen MR) is 80.0 cm³/mol. The van der Waals surface area contributed by atoms with Gasteiger partial charge in [-0.1, -0.05) is 5.21 Å². The number of nitroso groups, excluding NO2 is 1. The van der Waals surface area contributed by atoms with Crippen molar-refractivity contribution in [3.63, 3.8) is 0 Å². The standard InChI is InChI=1S/C13H14N4O5S/c1-3-22-13(19)11(15-20)10-5-4-8(23-10)6-17-7-9(14-16-17)12(18)21-2/h4-5,7,11H,3,6H2,1-2H3. The molecule has 1 unspecified atom stereocenters. The van der Waals surface area contributed by atoms with Gasteiger partial charge in [0.05, 0.1) is 26.5 Å². The van der Waals surface area contributed by atoms with E-state index in [4.69, 9.17) is 4.74 Å². The maximum absolute atomic E-state index is 11.7. The summed E-state index contributed by atoms with van der Waals surface area (Å²) in [6.45, 7) is 2.17. The molecule has 0 aliphatic carbocycles. The highest BCUT2D eigenvalue weighted by Gasteiger charge is 2.24. The average molecular weight is 338 g/mol. The summed E-state index contributed by atoms with van der Waals surface area (Å²) in [7, 11) is 1.26. The van der Waals surface area contributed by atoms with Crippen molar-refractivity contribution < 1.29 is 19.1 Å². The predicted octanol–water partition coefficient (Wildman–Crippen LogP) is 1.55. The van der Waals surface area contributed by atoms with Crippen LogP contribution in [0.4, 0.5) is 0 Å². The lowest BCUT2D eigenvalue weighted by Crippen LogP contribution is -2.12. The molecule has 9 nitrogen and oxygen atoms in total. The lowest BCUT2D eigenvalue weighted by molar-refractivity contribution is -0.144. The molecule has 0 saturated heterocycles. The molecule has 0 saturated carbocycles. The van der Waals surface area contributed by atoms with Crippen LogP contribution in [-0.2, 0) is 20.8 Å². The molecule has 10 heteroatoms. The van der Waals surface area contributed by atoms with Crippen LogP contribution in [0.2, 0.25) is 0 Å². The monoisotopic (exact) mass is 338 g/mol. The van der Waals surface area contributed by atoms with Gasteiger partial charge in [-0.25, -0.2) is 14.3 Å². The van der Waals surface area contributed by atoms with E-state index in [1.807, 2.05) is 0 Å². The van der Waals surface area contributed by atoms with Gasteiger partial charge >= 0.3 is 11.9 Å². The molecule has 0 aliphatic heterocycles. The highest BCUT2D eigenvalue weighted by atomic mass is 32.1. The second-order valence-electron chi connectivity index (χ2n) is 4.36. The third kappa shape index (κ3) is 3.97. The lowest BCUT2D eigenvalue weighted by atomic mass is 10.2. The van der Waals surface area contributed by atoms with Crippen molar-refractivity contribution in [1.82, 2.24) is 15.0 Å². The normalized spacial score (nSPS) is 11.7. The number of esters is 2. The Kier molecular flexibility index (Phi) is 5.52. The van der Waals surface area contributed by atoms with Crippen LogP contribution >= 0.6 is 11.3 Å². The summed E-state index contributed by atoms with van der Waals surface area (Å²) in [6.07, 6.45) is 1.45. The number of methoxy groups -OCH3 is 1. The zero-order chi connectivity index (χ0) is 16.8. The largest absolute Gasteiger partial charge is 0.464 e. The summed E-state index contributed by atoms with van der Waals surface area (Å²) in [5, 5.41) is 10.3. The second kappa shape index (κ2) is 7.58. The minimum absolute atomic E-state index is 0.100. The van der Waals surface area contributed by atoms with Crippen LogP contribution < -0.4 is 0 Å². The van der Waals surface area contributed by atoms with Crippen molar-refractivity contribution >= 4 is 23.3 Å². The molecule has 0 spiro atoms. The Morgan fingerprint density at radius 3 is 2.87 bits per heavy atom. The Labute approximate surface area is 135 Å². The molecule has 2 aromatic rings. The van der Waals surface area contributed by atoms with E-state index in [0.717, 1.165) is 4.88 Å². The van der Waals surface area contributed by atoms with Crippen LogP contribution in [0.15, 0.2) is 23.5 Å². The fourth-order valence-corrected chi connectivity index (χ4v) is 2.81. The quantitative estimate of drug-likeness (QED) is 0.556. The van der Waals surface area contributed by atoms with E-state index in [0.29, 0.717) is 11.4 Å². The van der Waals surface area contributed by atoms with Gasteiger partial charge in [0.2, 0.25) is 6.04 Å². The first-order chi connectivity index (χ1) is 11.1. The molecule has 0 radical (unpaired) electrons. The Hall–Kier alpha value is -2.62. The van der Waals surface area contributed by atoms with Gasteiger partial charge < -0.3 is 9.47 Å². The number of nitrogens with zero attached hydrogens (tertiary/aromatic N) is 4. The third-order valence-electron chi connectivity index (χ3n) is 2.82. The fourth-order valence-electron chi connectivity index (χ4n) is 1.79. The summed E-state index contributed by atoms with van der Waals surface area (Å²) >= 11 is 1.24. The highest BCUT2D eigenvalue weighted by Crippen LogP contribution is 2.27. The zero-order valence-corrected chi connectivity index (χ0v) is 13.3. The van der Waals surface area contributed by atoms with E-state index in [-0.39, 0.29) is 12.3 Å². The van der Waals surface area contributed by atoms with E-state index in [1.165, 1.54) is 29.3 Å². The van der Waals surface area contributed by atoms with E-state index < -0.39 is 18.0 Å². The van der Waals surface area contributed by atoms with E-state index in [1.54, 1.807) is 19.1 Å². The molecule has 0 fully saturated rings. The minimum atomic E-state index is -1.17. The van der Waals surface area contributed by atoms with Gasteiger partial charge in [0.15, 0.2) is 5.69 Å². The molecule has 23 heavy (non-hydrogen) atoms. The van der Waals surface area contributed by atoms with Crippen molar-refractivity contribution in [3.8, 4) is 0 Å². The lowest BCUT2D eigenvalue weighted by Gasteiger charge is -2.05. The average Bonchev–Trinajstić information content (AvgIpc) is 3.18. The number of carbonyl (C=O) groups is 2. The summed E-state index contributed by atoms with van der Waals surface area (Å²) in [5.41, 5.74) is 0.100. The van der Waals surface area contributed by atoms with Crippen LogP contribution in [0.1, 0.15) is 33.2 Å². The summed E-state index contributed by atoms with van der Waals surface area (Å²) < 4.78 is 10.8. The molecule has 2 rings (SSSR count). The molecule has 0 amide bonds. The summed E-state index contributed by atoms with van der Waals surface area (Å²) in [5.74, 6) is -1.25. The van der Waals surface area contributed by atoms with Crippen molar-refractivity contribution in [2.75, 3.05) is 13.7 Å². The number of thiophene rings is 1. The van der Waals surface area contributed by atoms with Crippen LogP contribution in [0.3, 0.4) is 0 Å². The number of aromatic nitrogens is 3. The van der Waals surface area contributed by atoms with Crippen LogP contribution in [0.25, 0.3) is 0 Å². The second-order valence-corrected chi connectivity index (χ2v) is 5.56. The smallest absolute Gasteiger partial charge is 0.360 e. The van der Waals surface area contributed by atoms with Crippen molar-refractivity contribution in [1.29, 1.82) is 0 Å². The molecule has 0 aliphatic rings. The van der Waals surface area contributed by atoms with Gasteiger partial charge in [0.25, 0.3) is 0 Å². The van der Waals surface area contributed by atoms with Gasteiger partial charge in [0, 0.05) is 9.75 Å². The zero-order valence-electron chi connectivity index (χ0n) is 12.5. The number of hydrogen-bond acceptors (Lipinski definition) is 9. The third-order valence-corrected chi connectivity index (χ3v) is 3.94. The SMILES string of the molecule is CCOC(=O)C(N=O)c1ccc(Cn2cc(C(=O)OC)nn2)s1. The first-order valence-electron chi connectivity index (χ1n) is 6.65. The molecule has 1 atom stereocenters. The Balaban J connectivity index is 2.09. The van der Waals surface area contributed by atoms with Crippen molar-refractivity contribution in [2.45, 2.75) is 19.5 Å². The number of rotatable bonds is 7. The molecule has 0 aromatic carbocycles. The Morgan fingerprint density at radius 1 is 1.43 bits per heavy atom. The summed E-state index contributed by atoms with van der Waals surface area (Å²) in [6, 6.07) is 2.22. The van der Waals surface area contributed by atoms with Crippen LogP contribution in [0, 0.1) is 4.91 Å². The topological polar surface area (TPSA) is 113 Å². The molecule has 122 valence electrons.